The van der Waals surface area contributed by atoms with Crippen LogP contribution >= 0.6 is 0 Å². The molecule has 2 saturated heterocycles. The first kappa shape index (κ1) is 20.6. The van der Waals surface area contributed by atoms with E-state index in [1.165, 1.54) is 51.0 Å². The third-order valence-electron chi connectivity index (χ3n) is 8.52. The summed E-state index contributed by atoms with van der Waals surface area (Å²) in [6.45, 7) is 8.87. The number of allylic oxidation sites excluding steroid dienone is 1. The zero-order valence-corrected chi connectivity index (χ0v) is 21.2. The van der Waals surface area contributed by atoms with E-state index in [-0.39, 0.29) is 0 Å². The lowest BCUT2D eigenvalue weighted by Crippen LogP contribution is -2.63. The van der Waals surface area contributed by atoms with Crippen LogP contribution in [0.4, 0.5) is 0 Å². The molecular weight excluding hydrogens is 391 g/mol. The molecule has 2 aromatic rings. The van der Waals surface area contributed by atoms with Gasteiger partial charge in [0.25, 0.3) is 0 Å². The monoisotopic (exact) mass is 428 g/mol. The van der Waals surface area contributed by atoms with Crippen molar-refractivity contribution in [3.63, 3.8) is 0 Å². The summed E-state index contributed by atoms with van der Waals surface area (Å²) in [6, 6.07) is 24.9. The fourth-order valence-electron chi connectivity index (χ4n) is 7.74. The van der Waals surface area contributed by atoms with Crippen molar-refractivity contribution < 1.29 is 0 Å². The molecule has 30 heavy (non-hydrogen) atoms. The van der Waals surface area contributed by atoms with Crippen LogP contribution in [0.1, 0.15) is 44.9 Å². The second-order valence-corrected chi connectivity index (χ2v) is 20.7. The number of benzene rings is 2. The molecule has 5 rings (SSSR count). The Morgan fingerprint density at radius 1 is 0.733 bits per heavy atom. The van der Waals surface area contributed by atoms with Gasteiger partial charge in [-0.2, -0.15) is 0 Å². The maximum Gasteiger partial charge on any atom is 0.175 e. The molecule has 0 nitrogen and oxygen atoms in total. The average Bonchev–Trinajstić information content (AvgIpc) is 3.16. The lowest BCUT2D eigenvalue weighted by Gasteiger charge is -2.44. The second-order valence-electron chi connectivity index (χ2n) is 11.2. The van der Waals surface area contributed by atoms with Crippen molar-refractivity contribution in [1.29, 1.82) is 0 Å². The van der Waals surface area contributed by atoms with Gasteiger partial charge in [0, 0.05) is 0 Å². The summed E-state index contributed by atoms with van der Waals surface area (Å²) in [5.41, 5.74) is 1.99. The normalized spacial score (nSPS) is 26.2. The van der Waals surface area contributed by atoms with E-state index >= 15 is 0 Å². The van der Waals surface area contributed by atoms with Crippen LogP contribution < -0.4 is 10.4 Å². The van der Waals surface area contributed by atoms with Gasteiger partial charge in [-0.3, -0.25) is 0 Å². The molecule has 3 heteroatoms. The summed E-state index contributed by atoms with van der Waals surface area (Å²) < 4.78 is 0. The third kappa shape index (κ3) is 3.33. The van der Waals surface area contributed by atoms with Crippen molar-refractivity contribution in [2.75, 3.05) is 0 Å². The SMILES string of the molecule is C[Si](C)(C)C1=C(B2C3CCCC2CCC3)CC[Si]1(c1ccccc1)c1ccccc1. The van der Waals surface area contributed by atoms with Crippen LogP contribution in [0.15, 0.2) is 71.0 Å². The molecule has 2 aromatic carbocycles. The molecule has 0 N–H and O–H groups in total. The van der Waals surface area contributed by atoms with Crippen molar-refractivity contribution in [3.05, 3.63) is 71.0 Å². The Kier molecular flexibility index (Phi) is 5.47. The van der Waals surface area contributed by atoms with Gasteiger partial charge in [0.1, 0.15) is 8.07 Å². The number of rotatable bonds is 4. The molecule has 0 aromatic heterocycles. The third-order valence-corrected chi connectivity index (χ3v) is 18.7. The van der Waals surface area contributed by atoms with E-state index in [0.717, 1.165) is 18.3 Å². The Morgan fingerprint density at radius 2 is 1.20 bits per heavy atom. The topological polar surface area (TPSA) is 0 Å². The summed E-state index contributed by atoms with van der Waals surface area (Å²) in [5.74, 6) is 1.96. The molecule has 0 aliphatic carbocycles. The first-order valence-electron chi connectivity index (χ1n) is 12.4. The largest absolute Gasteiger partial charge is 0.175 e. The van der Waals surface area contributed by atoms with Crippen LogP contribution in [-0.2, 0) is 0 Å². The Labute approximate surface area is 186 Å². The molecule has 156 valence electrons. The van der Waals surface area contributed by atoms with Crippen molar-refractivity contribution in [2.24, 2.45) is 0 Å². The lowest BCUT2D eigenvalue weighted by atomic mass is 9.24. The van der Waals surface area contributed by atoms with Gasteiger partial charge >= 0.3 is 0 Å². The predicted molar refractivity (Wildman–Crippen MR) is 139 cm³/mol. The van der Waals surface area contributed by atoms with Crippen LogP contribution in [0.2, 0.25) is 37.3 Å². The fraction of sp³-hybridized carbons (Fsp3) is 0.481. The standard InChI is InChI=1S/C27H37BSi2/c1-29(2,3)27-26(28-22-12-10-13-23(28)15-11-14-22)20-21-30(27,24-16-6-4-7-17-24)25-18-8-5-9-19-25/h4-9,16-19,22-23H,10-15,20-21H2,1-3H3. The Bertz CT molecular complexity index is 851. The van der Waals surface area contributed by atoms with Crippen LogP contribution in [-0.4, -0.2) is 22.9 Å². The van der Waals surface area contributed by atoms with E-state index < -0.39 is 16.1 Å². The summed E-state index contributed by atoms with van der Waals surface area (Å²) in [6.07, 6.45) is 10.3. The highest BCUT2D eigenvalue weighted by atomic mass is 28.4. The van der Waals surface area contributed by atoms with E-state index in [2.05, 4.69) is 80.3 Å². The lowest BCUT2D eigenvalue weighted by molar-refractivity contribution is 0.445. The number of fused-ring (bicyclic) bond motifs is 2. The molecule has 0 amide bonds. The summed E-state index contributed by atoms with van der Waals surface area (Å²) in [7, 11) is -3.38. The molecule has 2 bridgehead atoms. The minimum absolute atomic E-state index is 0.913. The van der Waals surface area contributed by atoms with Crippen LogP contribution in [0.3, 0.4) is 0 Å². The van der Waals surface area contributed by atoms with Gasteiger partial charge in [-0.1, -0.05) is 146 Å². The molecule has 3 aliphatic rings. The number of hydrogen-bond acceptors (Lipinski definition) is 0. The highest BCUT2D eigenvalue weighted by Crippen LogP contribution is 2.53. The molecule has 0 radical (unpaired) electrons. The fourth-order valence-corrected chi connectivity index (χ4v) is 20.1. The van der Waals surface area contributed by atoms with Gasteiger partial charge in [-0.15, -0.1) is 5.47 Å². The van der Waals surface area contributed by atoms with Crippen molar-refractivity contribution in [1.82, 2.24) is 0 Å². The van der Waals surface area contributed by atoms with Crippen LogP contribution in [0.5, 0.6) is 0 Å². The van der Waals surface area contributed by atoms with Crippen molar-refractivity contribution in [3.8, 4) is 0 Å². The van der Waals surface area contributed by atoms with E-state index in [1.807, 2.05) is 10.3 Å². The van der Waals surface area contributed by atoms with Crippen molar-refractivity contribution in [2.45, 2.75) is 82.3 Å². The summed E-state index contributed by atoms with van der Waals surface area (Å²) in [5, 5.41) is 3.34. The van der Waals surface area contributed by atoms with E-state index in [0.29, 0.717) is 0 Å². The molecule has 3 heterocycles. The van der Waals surface area contributed by atoms with E-state index in [1.54, 1.807) is 10.4 Å². The van der Waals surface area contributed by atoms with Crippen molar-refractivity contribution >= 4 is 33.2 Å². The van der Waals surface area contributed by atoms with Gasteiger partial charge < -0.3 is 0 Å². The van der Waals surface area contributed by atoms with Gasteiger partial charge in [0.15, 0.2) is 6.71 Å². The van der Waals surface area contributed by atoms with Gasteiger partial charge in [0.2, 0.25) is 0 Å². The molecule has 3 aliphatic heterocycles. The first-order chi connectivity index (χ1) is 14.5. The quantitative estimate of drug-likeness (QED) is 0.487. The highest BCUT2D eigenvalue weighted by molar-refractivity contribution is 7.19. The molecule has 0 saturated carbocycles. The minimum Gasteiger partial charge on any atom is -0.108 e. The van der Waals surface area contributed by atoms with Gasteiger partial charge in [0.05, 0.1) is 8.07 Å². The number of hydrogen-bond donors (Lipinski definition) is 0. The Hall–Kier alpha value is -1.32. The minimum atomic E-state index is -1.90. The van der Waals surface area contributed by atoms with Crippen LogP contribution in [0, 0.1) is 0 Å². The molecular formula is C27H37BSi2. The van der Waals surface area contributed by atoms with Crippen LogP contribution in [0.25, 0.3) is 0 Å². The Morgan fingerprint density at radius 3 is 1.63 bits per heavy atom. The first-order valence-corrected chi connectivity index (χ1v) is 18.1. The molecule has 2 fully saturated rings. The summed E-state index contributed by atoms with van der Waals surface area (Å²) >= 11 is 0. The average molecular weight is 429 g/mol. The molecule has 0 atom stereocenters. The zero-order valence-electron chi connectivity index (χ0n) is 19.2. The Balaban J connectivity index is 1.75. The van der Waals surface area contributed by atoms with Gasteiger partial charge in [-0.25, -0.2) is 0 Å². The maximum atomic E-state index is 2.65. The van der Waals surface area contributed by atoms with Gasteiger partial charge in [-0.05, 0) is 12.5 Å². The van der Waals surface area contributed by atoms with E-state index in [9.17, 15) is 0 Å². The summed E-state index contributed by atoms with van der Waals surface area (Å²) in [4.78, 5) is 2.04. The smallest absolute Gasteiger partial charge is 0.108 e. The molecule has 0 unspecified atom stereocenters. The highest BCUT2D eigenvalue weighted by Gasteiger charge is 2.54. The zero-order chi connectivity index (χ0) is 20.8. The molecule has 0 spiro atoms. The van der Waals surface area contributed by atoms with E-state index in [4.69, 9.17) is 0 Å². The predicted octanol–water partition coefficient (Wildman–Crippen LogP) is 6.51. The second kappa shape index (κ2) is 7.98. The maximum absolute atomic E-state index is 2.65.